The molecule has 2 rings (SSSR count). The van der Waals surface area contributed by atoms with Crippen molar-refractivity contribution in [1.29, 1.82) is 0 Å². The molecule has 0 aliphatic heterocycles. The molecule has 1 aliphatic rings. The molecule has 3 heteroatoms. The summed E-state index contributed by atoms with van der Waals surface area (Å²) in [6.45, 7) is 3.37. The highest BCUT2D eigenvalue weighted by molar-refractivity contribution is 9.10. The maximum atomic E-state index is 4.29. The maximum absolute atomic E-state index is 4.29. The zero-order chi connectivity index (χ0) is 14.2. The standard InChI is InChI=1S/C17H27BrN2/c1-2-8-20-17(10-14-6-4-3-5-7-14)11-15-9-16(18)13-19-12-15/h9,12-14,17,20H,2-8,10-11H2,1H3. The molecule has 0 aromatic carbocycles. The number of rotatable bonds is 7. The Morgan fingerprint density at radius 2 is 2.10 bits per heavy atom. The van der Waals surface area contributed by atoms with E-state index in [4.69, 9.17) is 0 Å². The molecule has 0 radical (unpaired) electrons. The van der Waals surface area contributed by atoms with Crippen LogP contribution in [0.1, 0.15) is 57.4 Å². The van der Waals surface area contributed by atoms with E-state index in [1.165, 1.54) is 50.5 Å². The van der Waals surface area contributed by atoms with Gasteiger partial charge in [-0.3, -0.25) is 4.98 Å². The summed E-state index contributed by atoms with van der Waals surface area (Å²) in [7, 11) is 0. The molecule has 1 atom stereocenters. The van der Waals surface area contributed by atoms with Gasteiger partial charge in [-0.15, -0.1) is 0 Å². The molecular weight excluding hydrogens is 312 g/mol. The summed E-state index contributed by atoms with van der Waals surface area (Å²) in [6.07, 6.45) is 14.7. The first-order valence-corrected chi connectivity index (χ1v) is 8.90. The largest absolute Gasteiger partial charge is 0.314 e. The fourth-order valence-corrected chi connectivity index (χ4v) is 3.68. The molecule has 2 nitrogen and oxygen atoms in total. The van der Waals surface area contributed by atoms with Crippen LogP contribution in [0.25, 0.3) is 0 Å². The van der Waals surface area contributed by atoms with Gasteiger partial charge >= 0.3 is 0 Å². The Balaban J connectivity index is 1.91. The fourth-order valence-electron chi connectivity index (χ4n) is 3.26. The molecule has 20 heavy (non-hydrogen) atoms. The van der Waals surface area contributed by atoms with Crippen molar-refractivity contribution in [2.24, 2.45) is 5.92 Å². The monoisotopic (exact) mass is 338 g/mol. The number of hydrogen-bond donors (Lipinski definition) is 1. The topological polar surface area (TPSA) is 24.9 Å². The smallest absolute Gasteiger partial charge is 0.0410 e. The van der Waals surface area contributed by atoms with E-state index < -0.39 is 0 Å². The van der Waals surface area contributed by atoms with Gasteiger partial charge in [0.2, 0.25) is 0 Å². The van der Waals surface area contributed by atoms with Crippen molar-refractivity contribution in [2.75, 3.05) is 6.54 Å². The summed E-state index contributed by atoms with van der Waals surface area (Å²) in [5.41, 5.74) is 1.34. The van der Waals surface area contributed by atoms with E-state index in [0.717, 1.165) is 23.4 Å². The van der Waals surface area contributed by atoms with Crippen LogP contribution in [0.4, 0.5) is 0 Å². The second-order valence-corrected chi connectivity index (χ2v) is 7.02. The first kappa shape index (κ1) is 16.0. The summed E-state index contributed by atoms with van der Waals surface area (Å²) in [5.74, 6) is 0.929. The predicted octanol–water partition coefficient (Wildman–Crippen LogP) is 4.73. The number of hydrogen-bond acceptors (Lipinski definition) is 2. The molecule has 1 fully saturated rings. The second kappa shape index (κ2) is 8.78. The van der Waals surface area contributed by atoms with E-state index in [2.05, 4.69) is 39.2 Å². The van der Waals surface area contributed by atoms with E-state index in [9.17, 15) is 0 Å². The third-order valence-corrected chi connectivity index (χ3v) is 4.70. The van der Waals surface area contributed by atoms with Crippen LogP contribution in [0, 0.1) is 5.92 Å². The Hall–Kier alpha value is -0.410. The first-order chi connectivity index (χ1) is 9.78. The van der Waals surface area contributed by atoms with Crippen LogP contribution in [0.2, 0.25) is 0 Å². The molecule has 1 heterocycles. The lowest BCUT2D eigenvalue weighted by molar-refractivity contribution is 0.296. The predicted molar refractivity (Wildman–Crippen MR) is 88.9 cm³/mol. The lowest BCUT2D eigenvalue weighted by Gasteiger charge is -2.27. The molecule has 1 unspecified atom stereocenters. The van der Waals surface area contributed by atoms with E-state index in [1.54, 1.807) is 0 Å². The average molecular weight is 339 g/mol. The van der Waals surface area contributed by atoms with Crippen molar-refractivity contribution in [3.8, 4) is 0 Å². The van der Waals surface area contributed by atoms with Crippen molar-refractivity contribution < 1.29 is 0 Å². The Bertz CT molecular complexity index is 388. The van der Waals surface area contributed by atoms with Crippen molar-refractivity contribution >= 4 is 15.9 Å². The lowest BCUT2D eigenvalue weighted by atomic mass is 9.83. The minimum atomic E-state index is 0.606. The molecule has 1 aromatic heterocycles. The minimum Gasteiger partial charge on any atom is -0.314 e. The number of nitrogens with zero attached hydrogens (tertiary/aromatic N) is 1. The highest BCUT2D eigenvalue weighted by atomic mass is 79.9. The molecule has 1 N–H and O–H groups in total. The molecule has 0 spiro atoms. The Labute approximate surface area is 131 Å². The molecule has 0 amide bonds. The van der Waals surface area contributed by atoms with Crippen LogP contribution in [-0.4, -0.2) is 17.6 Å². The molecule has 1 aliphatic carbocycles. The van der Waals surface area contributed by atoms with Gasteiger partial charge in [-0.25, -0.2) is 0 Å². The third kappa shape index (κ3) is 5.53. The molecule has 1 aromatic rings. The van der Waals surface area contributed by atoms with Crippen molar-refractivity contribution in [3.63, 3.8) is 0 Å². The number of nitrogens with one attached hydrogen (secondary N) is 1. The van der Waals surface area contributed by atoms with Gasteiger partial charge in [-0.1, -0.05) is 39.0 Å². The zero-order valence-corrected chi connectivity index (χ0v) is 14.2. The fraction of sp³-hybridized carbons (Fsp3) is 0.706. The minimum absolute atomic E-state index is 0.606. The number of halogens is 1. The molecule has 0 saturated heterocycles. The van der Waals surface area contributed by atoms with Gasteiger partial charge in [0.25, 0.3) is 0 Å². The number of pyridine rings is 1. The van der Waals surface area contributed by atoms with E-state index in [0.29, 0.717) is 6.04 Å². The van der Waals surface area contributed by atoms with E-state index in [-0.39, 0.29) is 0 Å². The summed E-state index contributed by atoms with van der Waals surface area (Å²) in [6, 6.07) is 2.81. The zero-order valence-electron chi connectivity index (χ0n) is 12.6. The summed E-state index contributed by atoms with van der Waals surface area (Å²) in [4.78, 5) is 4.29. The second-order valence-electron chi connectivity index (χ2n) is 6.11. The highest BCUT2D eigenvalue weighted by Crippen LogP contribution is 2.28. The van der Waals surface area contributed by atoms with Gasteiger partial charge < -0.3 is 5.32 Å². The normalized spacial score (nSPS) is 18.1. The summed E-state index contributed by atoms with van der Waals surface area (Å²) in [5, 5.41) is 3.74. The van der Waals surface area contributed by atoms with Crippen LogP contribution in [0.3, 0.4) is 0 Å². The molecule has 1 saturated carbocycles. The quantitative estimate of drug-likeness (QED) is 0.777. The SMILES string of the molecule is CCCNC(Cc1cncc(Br)c1)CC1CCCCC1. The van der Waals surface area contributed by atoms with Gasteiger partial charge in [-0.2, -0.15) is 0 Å². The lowest BCUT2D eigenvalue weighted by Crippen LogP contribution is -2.34. The van der Waals surface area contributed by atoms with E-state index >= 15 is 0 Å². The molecule has 0 bridgehead atoms. The van der Waals surface area contributed by atoms with Crippen LogP contribution in [0.5, 0.6) is 0 Å². The third-order valence-electron chi connectivity index (χ3n) is 4.27. The molecule has 112 valence electrons. The average Bonchev–Trinajstić information content (AvgIpc) is 2.46. The van der Waals surface area contributed by atoms with Gasteiger partial charge in [0.15, 0.2) is 0 Å². The highest BCUT2D eigenvalue weighted by Gasteiger charge is 2.19. The first-order valence-electron chi connectivity index (χ1n) is 8.10. The van der Waals surface area contributed by atoms with Crippen molar-refractivity contribution in [3.05, 3.63) is 28.5 Å². The summed E-state index contributed by atoms with van der Waals surface area (Å²) >= 11 is 3.52. The molecular formula is C17H27BrN2. The van der Waals surface area contributed by atoms with Crippen LogP contribution in [-0.2, 0) is 6.42 Å². The van der Waals surface area contributed by atoms with Crippen LogP contribution >= 0.6 is 15.9 Å². The van der Waals surface area contributed by atoms with E-state index in [1.807, 2.05) is 12.4 Å². The van der Waals surface area contributed by atoms with Gasteiger partial charge in [0.1, 0.15) is 0 Å². The Kier molecular flexibility index (Phi) is 7.01. The van der Waals surface area contributed by atoms with Gasteiger partial charge in [0, 0.05) is 22.9 Å². The van der Waals surface area contributed by atoms with Gasteiger partial charge in [0.05, 0.1) is 0 Å². The number of aromatic nitrogens is 1. The Morgan fingerprint density at radius 1 is 1.30 bits per heavy atom. The van der Waals surface area contributed by atoms with Gasteiger partial charge in [-0.05, 0) is 59.3 Å². The maximum Gasteiger partial charge on any atom is 0.0410 e. The Morgan fingerprint density at radius 3 is 2.80 bits per heavy atom. The summed E-state index contributed by atoms with van der Waals surface area (Å²) < 4.78 is 1.09. The van der Waals surface area contributed by atoms with Crippen molar-refractivity contribution in [2.45, 2.75) is 64.3 Å². The van der Waals surface area contributed by atoms with Crippen LogP contribution in [0.15, 0.2) is 22.9 Å². The van der Waals surface area contributed by atoms with Crippen molar-refractivity contribution in [1.82, 2.24) is 10.3 Å². The van der Waals surface area contributed by atoms with Crippen LogP contribution < -0.4 is 5.32 Å².